The number of anilines is 1. The van der Waals surface area contributed by atoms with Crippen molar-refractivity contribution in [3.63, 3.8) is 0 Å². The van der Waals surface area contributed by atoms with E-state index >= 15 is 0 Å². The van der Waals surface area contributed by atoms with Gasteiger partial charge in [-0.15, -0.1) is 0 Å². The Labute approximate surface area is 109 Å². The van der Waals surface area contributed by atoms with Gasteiger partial charge in [0, 0.05) is 24.6 Å². The van der Waals surface area contributed by atoms with Gasteiger partial charge in [0.15, 0.2) is 0 Å². The third kappa shape index (κ3) is 2.57. The quantitative estimate of drug-likeness (QED) is 0.833. The maximum absolute atomic E-state index is 12.5. The van der Waals surface area contributed by atoms with Crippen LogP contribution in [0.4, 0.5) is 19.0 Å². The zero-order valence-electron chi connectivity index (χ0n) is 10.9. The number of aromatic nitrogens is 2. The second-order valence-corrected chi connectivity index (χ2v) is 4.35. The summed E-state index contributed by atoms with van der Waals surface area (Å²) in [6, 6.07) is 6.28. The van der Waals surface area contributed by atoms with Crippen LogP contribution in [0.1, 0.15) is 17.0 Å². The van der Waals surface area contributed by atoms with Crippen LogP contribution in [0.25, 0.3) is 0 Å². The molecule has 0 aliphatic carbocycles. The van der Waals surface area contributed by atoms with Gasteiger partial charge in [0.1, 0.15) is 5.82 Å². The van der Waals surface area contributed by atoms with Crippen LogP contribution in [0.3, 0.4) is 0 Å². The number of alkyl halides is 3. The van der Waals surface area contributed by atoms with Crippen LogP contribution < -0.4 is 5.01 Å². The van der Waals surface area contributed by atoms with E-state index in [1.165, 1.54) is 6.07 Å². The minimum absolute atomic E-state index is 0.454. The van der Waals surface area contributed by atoms with Gasteiger partial charge in [-0.1, -0.05) is 0 Å². The third-order valence-electron chi connectivity index (χ3n) is 2.94. The van der Waals surface area contributed by atoms with Gasteiger partial charge in [-0.05, 0) is 38.1 Å². The molecular formula is C13H14F3N3. The first-order chi connectivity index (χ1) is 8.80. The number of halogens is 3. The molecule has 0 bridgehead atoms. The normalized spacial score (nSPS) is 11.7. The molecule has 102 valence electrons. The Morgan fingerprint density at radius 2 is 1.63 bits per heavy atom. The molecule has 0 unspecified atom stereocenters. The molecule has 3 nitrogen and oxygen atoms in total. The summed E-state index contributed by atoms with van der Waals surface area (Å²) in [5.74, 6) is 0.454. The van der Waals surface area contributed by atoms with Crippen molar-refractivity contribution in [2.75, 3.05) is 12.1 Å². The van der Waals surface area contributed by atoms with Crippen LogP contribution in [-0.2, 0) is 6.18 Å². The maximum Gasteiger partial charge on any atom is 0.417 e. The topological polar surface area (TPSA) is 21.1 Å². The molecule has 0 saturated heterocycles. The van der Waals surface area contributed by atoms with Gasteiger partial charge in [-0.3, -0.25) is 9.69 Å². The lowest BCUT2D eigenvalue weighted by Crippen LogP contribution is -2.27. The van der Waals surface area contributed by atoms with Crippen LogP contribution >= 0.6 is 0 Å². The molecule has 19 heavy (non-hydrogen) atoms. The highest BCUT2D eigenvalue weighted by Crippen LogP contribution is 2.29. The zero-order valence-corrected chi connectivity index (χ0v) is 10.9. The van der Waals surface area contributed by atoms with Crippen molar-refractivity contribution >= 4 is 5.82 Å². The molecular weight excluding hydrogens is 255 g/mol. The number of hydrogen-bond acceptors (Lipinski definition) is 2. The van der Waals surface area contributed by atoms with Crippen molar-refractivity contribution < 1.29 is 13.2 Å². The zero-order chi connectivity index (χ0) is 14.2. The molecule has 0 aliphatic heterocycles. The van der Waals surface area contributed by atoms with Gasteiger partial charge >= 0.3 is 6.18 Å². The summed E-state index contributed by atoms with van der Waals surface area (Å²) >= 11 is 0. The second kappa shape index (κ2) is 4.60. The Morgan fingerprint density at radius 1 is 1.05 bits per heavy atom. The van der Waals surface area contributed by atoms with Crippen LogP contribution in [0.5, 0.6) is 0 Å². The van der Waals surface area contributed by atoms with Crippen molar-refractivity contribution in [3.05, 3.63) is 47.4 Å². The van der Waals surface area contributed by atoms with E-state index in [0.717, 1.165) is 23.7 Å². The minimum Gasteiger partial charge on any atom is -0.267 e. The first-order valence-electron chi connectivity index (χ1n) is 5.73. The summed E-state index contributed by atoms with van der Waals surface area (Å²) in [7, 11) is 1.76. The van der Waals surface area contributed by atoms with E-state index < -0.39 is 11.7 Å². The van der Waals surface area contributed by atoms with E-state index in [4.69, 9.17) is 0 Å². The van der Waals surface area contributed by atoms with Gasteiger partial charge in [0.2, 0.25) is 0 Å². The lowest BCUT2D eigenvalue weighted by molar-refractivity contribution is -0.137. The summed E-state index contributed by atoms with van der Waals surface area (Å²) < 4.78 is 39.3. The van der Waals surface area contributed by atoms with Crippen molar-refractivity contribution in [1.82, 2.24) is 9.66 Å². The Hall–Kier alpha value is -1.98. The molecule has 0 N–H and O–H groups in total. The minimum atomic E-state index is -4.36. The highest BCUT2D eigenvalue weighted by atomic mass is 19.4. The molecule has 2 heterocycles. The van der Waals surface area contributed by atoms with Gasteiger partial charge in [0.05, 0.1) is 5.56 Å². The maximum atomic E-state index is 12.5. The average molecular weight is 269 g/mol. The number of hydrogen-bond donors (Lipinski definition) is 0. The van der Waals surface area contributed by atoms with E-state index in [2.05, 4.69) is 4.98 Å². The number of nitrogens with zero attached hydrogens (tertiary/aromatic N) is 3. The first kappa shape index (κ1) is 13.5. The predicted molar refractivity (Wildman–Crippen MR) is 66.9 cm³/mol. The number of rotatable bonds is 2. The molecule has 2 aromatic rings. The number of aryl methyl sites for hydroxylation is 2. The van der Waals surface area contributed by atoms with Crippen LogP contribution in [0, 0.1) is 13.8 Å². The van der Waals surface area contributed by atoms with E-state index in [0.29, 0.717) is 5.82 Å². The van der Waals surface area contributed by atoms with E-state index in [1.54, 1.807) is 12.1 Å². The Morgan fingerprint density at radius 3 is 2.05 bits per heavy atom. The highest BCUT2D eigenvalue weighted by molar-refractivity contribution is 5.40. The Kier molecular flexibility index (Phi) is 3.26. The Balaban J connectivity index is 2.33. The molecule has 0 fully saturated rings. The highest BCUT2D eigenvalue weighted by Gasteiger charge is 2.30. The molecule has 0 atom stereocenters. The fraction of sp³-hybridized carbons (Fsp3) is 0.308. The smallest absolute Gasteiger partial charge is 0.267 e. The summed E-state index contributed by atoms with van der Waals surface area (Å²) in [5.41, 5.74) is 1.23. The van der Waals surface area contributed by atoms with Crippen LogP contribution in [0.2, 0.25) is 0 Å². The summed E-state index contributed by atoms with van der Waals surface area (Å²) in [6.45, 7) is 3.85. The summed E-state index contributed by atoms with van der Waals surface area (Å²) in [4.78, 5) is 3.87. The molecule has 0 spiro atoms. The Bertz CT molecular complexity index is 550. The SMILES string of the molecule is Cc1ccc(C)n1N(C)c1ccc(C(F)(F)F)cn1. The van der Waals surface area contributed by atoms with Gasteiger partial charge in [-0.25, -0.2) is 4.98 Å². The van der Waals surface area contributed by atoms with Gasteiger partial charge < -0.3 is 0 Å². The summed E-state index contributed by atoms with van der Waals surface area (Å²) in [5, 5.41) is 1.71. The fourth-order valence-corrected chi connectivity index (χ4v) is 1.98. The molecule has 0 saturated carbocycles. The average Bonchev–Trinajstić information content (AvgIpc) is 2.67. The molecule has 6 heteroatoms. The fourth-order valence-electron chi connectivity index (χ4n) is 1.98. The summed E-state index contributed by atoms with van der Waals surface area (Å²) in [6.07, 6.45) is -3.51. The standard InChI is InChI=1S/C13H14F3N3/c1-9-4-5-10(2)19(9)18(3)12-7-6-11(8-17-12)13(14,15)16/h4-8H,1-3H3. The molecule has 0 amide bonds. The van der Waals surface area contributed by atoms with Gasteiger partial charge in [0.25, 0.3) is 0 Å². The first-order valence-corrected chi connectivity index (χ1v) is 5.73. The van der Waals surface area contributed by atoms with Crippen molar-refractivity contribution in [3.8, 4) is 0 Å². The number of pyridine rings is 1. The molecule has 2 aromatic heterocycles. The van der Waals surface area contributed by atoms with Crippen molar-refractivity contribution in [2.24, 2.45) is 0 Å². The monoisotopic (exact) mass is 269 g/mol. The lowest BCUT2D eigenvalue weighted by atomic mass is 10.3. The largest absolute Gasteiger partial charge is 0.417 e. The lowest BCUT2D eigenvalue weighted by Gasteiger charge is -2.23. The third-order valence-corrected chi connectivity index (χ3v) is 2.94. The molecule has 0 aliphatic rings. The van der Waals surface area contributed by atoms with Crippen molar-refractivity contribution in [1.29, 1.82) is 0 Å². The molecule has 2 rings (SSSR count). The molecule has 0 radical (unpaired) electrons. The van der Waals surface area contributed by atoms with Gasteiger partial charge in [-0.2, -0.15) is 13.2 Å². The molecule has 0 aromatic carbocycles. The predicted octanol–water partition coefficient (Wildman–Crippen LogP) is 3.42. The van der Waals surface area contributed by atoms with E-state index in [9.17, 15) is 13.2 Å². The second-order valence-electron chi connectivity index (χ2n) is 4.35. The van der Waals surface area contributed by atoms with Crippen molar-refractivity contribution in [2.45, 2.75) is 20.0 Å². The van der Waals surface area contributed by atoms with E-state index in [1.807, 2.05) is 30.7 Å². The van der Waals surface area contributed by atoms with E-state index in [-0.39, 0.29) is 0 Å². The van der Waals surface area contributed by atoms with Crippen LogP contribution in [0.15, 0.2) is 30.5 Å². The van der Waals surface area contributed by atoms with Crippen LogP contribution in [-0.4, -0.2) is 16.7 Å².